The second kappa shape index (κ2) is 4.22. The Bertz CT molecular complexity index is 317. The molecule has 0 saturated heterocycles. The lowest BCUT2D eigenvalue weighted by Crippen LogP contribution is -1.89. The quantitative estimate of drug-likeness (QED) is 0.714. The Balaban J connectivity index is 3.13. The maximum absolute atomic E-state index is 12.4. The normalized spacial score (nSPS) is 9.42. The molecule has 0 unspecified atom stereocenters. The largest absolute Gasteiger partial charge is 0.246 e. The zero-order valence-corrected chi connectivity index (χ0v) is 7.94. The van der Waals surface area contributed by atoms with Gasteiger partial charge in [-0.15, -0.1) is 0 Å². The molecule has 1 nitrogen and oxygen atoms in total. The molecular formula is C9H7BrFN. The molecule has 0 spiro atoms. The number of benzene rings is 1. The van der Waals surface area contributed by atoms with Crippen molar-refractivity contribution in [1.82, 2.24) is 0 Å². The van der Waals surface area contributed by atoms with E-state index >= 15 is 0 Å². The van der Waals surface area contributed by atoms with Crippen molar-refractivity contribution < 1.29 is 4.39 Å². The Labute approximate surface area is 79.0 Å². The van der Waals surface area contributed by atoms with Crippen molar-refractivity contribution in [2.45, 2.75) is 12.0 Å². The molecule has 0 aliphatic heterocycles. The molecule has 1 aromatic carbocycles. The summed E-state index contributed by atoms with van der Waals surface area (Å²) in [6.07, 6.45) is 0. The number of hydrogen-bond acceptors (Lipinski definition) is 1. The van der Waals surface area contributed by atoms with Crippen LogP contribution in [0.3, 0.4) is 0 Å². The summed E-state index contributed by atoms with van der Waals surface area (Å²) in [7, 11) is 0. The standard InChI is InChI=1S/C9H7BrFN/c10-4-8-2-1-7(6-12)3-9(8)5-11/h1-3H,4-5H2. The van der Waals surface area contributed by atoms with E-state index in [1.165, 1.54) is 0 Å². The minimum atomic E-state index is -0.517. The number of hydrogen-bond donors (Lipinski definition) is 0. The van der Waals surface area contributed by atoms with Gasteiger partial charge in [0.05, 0.1) is 11.6 Å². The maximum atomic E-state index is 12.4. The first-order valence-electron chi connectivity index (χ1n) is 3.45. The van der Waals surface area contributed by atoms with Crippen LogP contribution in [0.25, 0.3) is 0 Å². The monoisotopic (exact) mass is 227 g/mol. The Morgan fingerprint density at radius 1 is 1.42 bits per heavy atom. The third kappa shape index (κ3) is 1.83. The third-order valence-corrected chi connectivity index (χ3v) is 2.23. The first kappa shape index (κ1) is 9.21. The highest BCUT2D eigenvalue weighted by atomic mass is 79.9. The van der Waals surface area contributed by atoms with Gasteiger partial charge in [0.15, 0.2) is 0 Å². The molecule has 3 heteroatoms. The van der Waals surface area contributed by atoms with Crippen molar-refractivity contribution in [3.05, 3.63) is 34.9 Å². The predicted molar refractivity (Wildman–Crippen MR) is 48.6 cm³/mol. The Morgan fingerprint density at radius 2 is 2.17 bits per heavy atom. The highest BCUT2D eigenvalue weighted by molar-refractivity contribution is 9.08. The van der Waals surface area contributed by atoms with Crippen LogP contribution in [-0.4, -0.2) is 0 Å². The molecule has 0 radical (unpaired) electrons. The van der Waals surface area contributed by atoms with Crippen molar-refractivity contribution in [3.63, 3.8) is 0 Å². The summed E-state index contributed by atoms with van der Waals surface area (Å²) in [5.41, 5.74) is 2.00. The maximum Gasteiger partial charge on any atom is 0.115 e. The van der Waals surface area contributed by atoms with Gasteiger partial charge in [0.1, 0.15) is 6.67 Å². The van der Waals surface area contributed by atoms with E-state index in [2.05, 4.69) is 15.9 Å². The number of rotatable bonds is 2. The van der Waals surface area contributed by atoms with Crippen LogP contribution in [0.4, 0.5) is 4.39 Å². The molecule has 0 saturated carbocycles. The molecule has 0 atom stereocenters. The molecule has 0 aliphatic carbocycles. The Kier molecular flexibility index (Phi) is 3.24. The van der Waals surface area contributed by atoms with E-state index in [1.54, 1.807) is 18.2 Å². The molecular weight excluding hydrogens is 221 g/mol. The molecule has 0 heterocycles. The molecule has 0 bridgehead atoms. The molecule has 1 rings (SSSR count). The molecule has 0 aliphatic rings. The van der Waals surface area contributed by atoms with Gasteiger partial charge in [0.2, 0.25) is 0 Å². The van der Waals surface area contributed by atoms with Gasteiger partial charge in [-0.1, -0.05) is 22.0 Å². The second-order valence-corrected chi connectivity index (χ2v) is 2.92. The smallest absolute Gasteiger partial charge is 0.115 e. The summed E-state index contributed by atoms with van der Waals surface area (Å²) < 4.78 is 12.4. The lowest BCUT2D eigenvalue weighted by atomic mass is 10.1. The molecule has 0 fully saturated rings. The fraction of sp³-hybridized carbons (Fsp3) is 0.222. The van der Waals surface area contributed by atoms with Gasteiger partial charge >= 0.3 is 0 Å². The summed E-state index contributed by atoms with van der Waals surface area (Å²) in [6.45, 7) is -0.517. The van der Waals surface area contributed by atoms with Crippen LogP contribution in [0, 0.1) is 11.3 Å². The lowest BCUT2D eigenvalue weighted by molar-refractivity contribution is 0.483. The number of alkyl halides is 2. The summed E-state index contributed by atoms with van der Waals surface area (Å²) >= 11 is 3.25. The van der Waals surface area contributed by atoms with Crippen molar-refractivity contribution in [2.24, 2.45) is 0 Å². The van der Waals surface area contributed by atoms with Gasteiger partial charge in [-0.05, 0) is 23.3 Å². The average molecular weight is 228 g/mol. The minimum Gasteiger partial charge on any atom is -0.246 e. The highest BCUT2D eigenvalue weighted by Crippen LogP contribution is 2.15. The van der Waals surface area contributed by atoms with Gasteiger partial charge in [0, 0.05) is 5.33 Å². The fourth-order valence-corrected chi connectivity index (χ4v) is 1.50. The molecule has 1 aromatic rings. The van der Waals surface area contributed by atoms with Crippen LogP contribution >= 0.6 is 15.9 Å². The third-order valence-electron chi connectivity index (χ3n) is 1.62. The van der Waals surface area contributed by atoms with E-state index in [-0.39, 0.29) is 0 Å². The fourth-order valence-electron chi connectivity index (χ4n) is 0.950. The van der Waals surface area contributed by atoms with E-state index in [0.717, 1.165) is 5.56 Å². The molecule has 0 N–H and O–H groups in total. The van der Waals surface area contributed by atoms with E-state index in [1.807, 2.05) is 6.07 Å². The zero-order valence-electron chi connectivity index (χ0n) is 6.35. The predicted octanol–water partition coefficient (Wildman–Crippen LogP) is 2.92. The Hall–Kier alpha value is -0.880. The number of halogens is 2. The summed E-state index contributed by atoms with van der Waals surface area (Å²) in [5, 5.41) is 9.16. The highest BCUT2D eigenvalue weighted by Gasteiger charge is 2.01. The molecule has 0 amide bonds. The van der Waals surface area contributed by atoms with Gasteiger partial charge < -0.3 is 0 Å². The summed E-state index contributed by atoms with van der Waals surface area (Å²) in [5.74, 6) is 0. The van der Waals surface area contributed by atoms with Gasteiger partial charge in [-0.25, -0.2) is 4.39 Å². The van der Waals surface area contributed by atoms with Crippen LogP contribution in [0.15, 0.2) is 18.2 Å². The minimum absolute atomic E-state index is 0.507. The zero-order chi connectivity index (χ0) is 8.97. The first-order valence-corrected chi connectivity index (χ1v) is 4.57. The van der Waals surface area contributed by atoms with E-state index < -0.39 is 6.67 Å². The van der Waals surface area contributed by atoms with Gasteiger partial charge in [-0.2, -0.15) is 5.26 Å². The van der Waals surface area contributed by atoms with Crippen molar-refractivity contribution >= 4 is 15.9 Å². The lowest BCUT2D eigenvalue weighted by Gasteiger charge is -2.02. The first-order chi connectivity index (χ1) is 5.81. The molecule has 0 aromatic heterocycles. The summed E-state index contributed by atoms with van der Waals surface area (Å²) in [6, 6.07) is 7.01. The van der Waals surface area contributed by atoms with Crippen LogP contribution in [0.5, 0.6) is 0 Å². The van der Waals surface area contributed by atoms with Gasteiger partial charge in [0.25, 0.3) is 0 Å². The summed E-state index contributed by atoms with van der Waals surface area (Å²) in [4.78, 5) is 0. The van der Waals surface area contributed by atoms with Crippen molar-refractivity contribution in [3.8, 4) is 6.07 Å². The SMILES string of the molecule is N#Cc1ccc(CBr)c(CF)c1. The van der Waals surface area contributed by atoms with Gasteiger partial charge in [-0.3, -0.25) is 0 Å². The molecule has 12 heavy (non-hydrogen) atoms. The molecule has 62 valence electrons. The topological polar surface area (TPSA) is 23.8 Å². The van der Waals surface area contributed by atoms with Crippen molar-refractivity contribution in [2.75, 3.05) is 0 Å². The van der Waals surface area contributed by atoms with Crippen molar-refractivity contribution in [1.29, 1.82) is 5.26 Å². The second-order valence-electron chi connectivity index (χ2n) is 2.36. The number of nitrogens with zero attached hydrogens (tertiary/aromatic N) is 1. The van der Waals surface area contributed by atoms with Crippen LogP contribution in [-0.2, 0) is 12.0 Å². The van der Waals surface area contributed by atoms with Crippen LogP contribution < -0.4 is 0 Å². The van der Waals surface area contributed by atoms with Crippen LogP contribution in [0.2, 0.25) is 0 Å². The Morgan fingerprint density at radius 3 is 2.67 bits per heavy atom. The van der Waals surface area contributed by atoms with E-state index in [4.69, 9.17) is 5.26 Å². The van der Waals surface area contributed by atoms with E-state index in [9.17, 15) is 4.39 Å². The average Bonchev–Trinajstić information content (AvgIpc) is 2.16. The van der Waals surface area contributed by atoms with E-state index in [0.29, 0.717) is 16.5 Å². The van der Waals surface area contributed by atoms with Crippen LogP contribution in [0.1, 0.15) is 16.7 Å². The number of nitriles is 1.